The van der Waals surface area contributed by atoms with Crippen molar-refractivity contribution in [2.75, 3.05) is 19.8 Å². The van der Waals surface area contributed by atoms with Crippen molar-refractivity contribution in [1.29, 1.82) is 0 Å². The zero-order valence-corrected chi connectivity index (χ0v) is 19.6. The fourth-order valence-electron chi connectivity index (χ4n) is 4.14. The fourth-order valence-corrected chi connectivity index (χ4v) is 4.39. The molecule has 1 aliphatic carbocycles. The number of aromatic nitrogens is 3. The molecule has 1 aliphatic heterocycles. The Kier molecular flexibility index (Phi) is 7.07. The SMILES string of the molecule is Cn1ncc(Cl)c1C(=O)N(CCC1(O)CCC1)C(C(=O)NC1COC1)c1ccnc(C(F)(F)F)c1. The zero-order valence-electron chi connectivity index (χ0n) is 18.9. The molecule has 2 N–H and O–H groups in total. The standard InChI is InChI=1S/C22H25ClF3N5O4/c1-30-18(15(23)10-28-30)20(33)31(8-6-21(34)4-2-5-21)17(19(32)29-14-11-35-12-14)13-3-7-27-16(9-13)22(24,25)26/h3,7,9-10,14,17,34H,2,4-6,8,11-12H2,1H3,(H,29,32). The van der Waals surface area contributed by atoms with E-state index in [1.165, 1.54) is 24.0 Å². The Balaban J connectivity index is 1.76. The first-order valence-corrected chi connectivity index (χ1v) is 11.5. The summed E-state index contributed by atoms with van der Waals surface area (Å²) in [5.74, 6) is -1.38. The Morgan fingerprint density at radius 1 is 1.40 bits per heavy atom. The predicted molar refractivity (Wildman–Crippen MR) is 117 cm³/mol. The number of hydrogen-bond acceptors (Lipinski definition) is 6. The lowest BCUT2D eigenvalue weighted by atomic mass is 9.77. The molecule has 190 valence electrons. The summed E-state index contributed by atoms with van der Waals surface area (Å²) < 4.78 is 46.6. The molecule has 0 aromatic carbocycles. The van der Waals surface area contributed by atoms with E-state index in [-0.39, 0.29) is 48.5 Å². The number of nitrogens with one attached hydrogen (secondary N) is 1. The maximum Gasteiger partial charge on any atom is 0.433 e. The molecule has 2 aromatic heterocycles. The molecule has 0 spiro atoms. The number of pyridine rings is 1. The van der Waals surface area contributed by atoms with Crippen molar-refractivity contribution >= 4 is 23.4 Å². The lowest BCUT2D eigenvalue weighted by Crippen LogP contribution is -2.54. The van der Waals surface area contributed by atoms with Crippen LogP contribution in [0.2, 0.25) is 5.02 Å². The summed E-state index contributed by atoms with van der Waals surface area (Å²) >= 11 is 6.19. The number of alkyl halides is 3. The van der Waals surface area contributed by atoms with Crippen LogP contribution in [0.25, 0.3) is 0 Å². The minimum Gasteiger partial charge on any atom is -0.390 e. The first kappa shape index (κ1) is 25.4. The van der Waals surface area contributed by atoms with Crippen LogP contribution < -0.4 is 5.32 Å². The van der Waals surface area contributed by atoms with E-state index in [2.05, 4.69) is 15.4 Å². The molecule has 0 radical (unpaired) electrons. The van der Waals surface area contributed by atoms with Gasteiger partial charge >= 0.3 is 6.18 Å². The average molecular weight is 516 g/mol. The number of carbonyl (C=O) groups excluding carboxylic acids is 2. The van der Waals surface area contributed by atoms with E-state index in [4.69, 9.17) is 16.3 Å². The summed E-state index contributed by atoms with van der Waals surface area (Å²) in [5, 5.41) is 17.4. The van der Waals surface area contributed by atoms with Gasteiger partial charge in [-0.05, 0) is 43.4 Å². The molecule has 9 nitrogen and oxygen atoms in total. The molecule has 13 heteroatoms. The molecule has 35 heavy (non-hydrogen) atoms. The maximum atomic E-state index is 13.7. The first-order chi connectivity index (χ1) is 16.5. The number of rotatable bonds is 8. The van der Waals surface area contributed by atoms with E-state index in [0.29, 0.717) is 12.8 Å². The Morgan fingerprint density at radius 3 is 2.63 bits per heavy atom. The van der Waals surface area contributed by atoms with Gasteiger partial charge in [-0.2, -0.15) is 18.3 Å². The van der Waals surface area contributed by atoms with E-state index < -0.39 is 35.3 Å². The molecule has 2 fully saturated rings. The molecule has 1 atom stereocenters. The third-order valence-corrected chi connectivity index (χ3v) is 6.67. The third-order valence-electron chi connectivity index (χ3n) is 6.39. The highest BCUT2D eigenvalue weighted by Crippen LogP contribution is 2.37. The monoisotopic (exact) mass is 515 g/mol. The van der Waals surface area contributed by atoms with E-state index in [1.54, 1.807) is 0 Å². The first-order valence-electron chi connectivity index (χ1n) is 11.1. The van der Waals surface area contributed by atoms with Crippen LogP contribution in [0.5, 0.6) is 0 Å². The number of aryl methyl sites for hydroxylation is 1. The van der Waals surface area contributed by atoms with Crippen LogP contribution in [-0.2, 0) is 22.8 Å². The van der Waals surface area contributed by atoms with Gasteiger partial charge in [0.15, 0.2) is 0 Å². The molecule has 2 aromatic rings. The summed E-state index contributed by atoms with van der Waals surface area (Å²) in [6.07, 6.45) is -0.507. The van der Waals surface area contributed by atoms with Crippen molar-refractivity contribution in [3.05, 3.63) is 46.5 Å². The predicted octanol–water partition coefficient (Wildman–Crippen LogP) is 2.49. The van der Waals surface area contributed by atoms with Gasteiger partial charge in [0.1, 0.15) is 17.4 Å². The number of amides is 2. The van der Waals surface area contributed by atoms with Crippen molar-refractivity contribution in [1.82, 2.24) is 25.0 Å². The quantitative estimate of drug-likeness (QED) is 0.559. The number of nitrogens with zero attached hydrogens (tertiary/aromatic N) is 4. The van der Waals surface area contributed by atoms with Gasteiger partial charge in [0.2, 0.25) is 5.91 Å². The van der Waals surface area contributed by atoms with Crippen molar-refractivity contribution < 1.29 is 32.6 Å². The lowest BCUT2D eigenvalue weighted by Gasteiger charge is -2.40. The molecule has 1 saturated heterocycles. The molecule has 4 rings (SSSR count). The highest BCUT2D eigenvalue weighted by Gasteiger charge is 2.41. The highest BCUT2D eigenvalue weighted by molar-refractivity contribution is 6.33. The van der Waals surface area contributed by atoms with Crippen LogP contribution in [0, 0.1) is 0 Å². The molecule has 3 heterocycles. The fraction of sp³-hybridized carbons (Fsp3) is 0.545. The van der Waals surface area contributed by atoms with Crippen molar-refractivity contribution in [3.8, 4) is 0 Å². The Labute approximate surface area is 204 Å². The number of ether oxygens (including phenoxy) is 1. The van der Waals surface area contributed by atoms with Gasteiger partial charge < -0.3 is 20.1 Å². The van der Waals surface area contributed by atoms with Gasteiger partial charge in [0.05, 0.1) is 36.1 Å². The largest absolute Gasteiger partial charge is 0.433 e. The second-order valence-corrected chi connectivity index (χ2v) is 9.32. The third kappa shape index (κ3) is 5.44. The summed E-state index contributed by atoms with van der Waals surface area (Å²) in [6.45, 7) is 0.410. The molecule has 2 aliphatic rings. The summed E-state index contributed by atoms with van der Waals surface area (Å²) in [5.41, 5.74) is -2.30. The van der Waals surface area contributed by atoms with Crippen LogP contribution >= 0.6 is 11.6 Å². The molecular weight excluding hydrogens is 491 g/mol. The number of aliphatic hydroxyl groups is 1. The normalized spacial score (nSPS) is 18.3. The smallest absolute Gasteiger partial charge is 0.390 e. The highest BCUT2D eigenvalue weighted by atomic mass is 35.5. The molecule has 2 amide bonds. The Morgan fingerprint density at radius 2 is 2.11 bits per heavy atom. The van der Waals surface area contributed by atoms with Gasteiger partial charge in [-0.3, -0.25) is 19.3 Å². The van der Waals surface area contributed by atoms with Gasteiger partial charge in [-0.15, -0.1) is 0 Å². The van der Waals surface area contributed by atoms with Crippen LogP contribution in [0.15, 0.2) is 24.5 Å². The second kappa shape index (κ2) is 9.75. The lowest BCUT2D eigenvalue weighted by molar-refractivity contribution is -0.141. The molecule has 1 saturated carbocycles. The van der Waals surface area contributed by atoms with E-state index in [0.717, 1.165) is 23.6 Å². The van der Waals surface area contributed by atoms with Crippen LogP contribution in [0.3, 0.4) is 0 Å². The van der Waals surface area contributed by atoms with Gasteiger partial charge in [-0.25, -0.2) is 0 Å². The van der Waals surface area contributed by atoms with Crippen LogP contribution in [0.4, 0.5) is 13.2 Å². The summed E-state index contributed by atoms with van der Waals surface area (Å²) in [6, 6.07) is 0.244. The maximum absolute atomic E-state index is 13.7. The number of carbonyl (C=O) groups is 2. The Hall–Kier alpha value is -2.70. The number of hydrogen-bond donors (Lipinski definition) is 2. The average Bonchev–Trinajstić information content (AvgIpc) is 3.09. The minimum atomic E-state index is -4.75. The van der Waals surface area contributed by atoms with Gasteiger partial charge in [0.25, 0.3) is 5.91 Å². The zero-order chi connectivity index (χ0) is 25.4. The van der Waals surface area contributed by atoms with E-state index in [9.17, 15) is 27.9 Å². The topological polar surface area (TPSA) is 110 Å². The van der Waals surface area contributed by atoms with Crippen molar-refractivity contribution in [3.63, 3.8) is 0 Å². The van der Waals surface area contributed by atoms with Gasteiger partial charge in [-0.1, -0.05) is 11.6 Å². The van der Waals surface area contributed by atoms with Gasteiger partial charge in [0, 0.05) is 19.8 Å². The van der Waals surface area contributed by atoms with E-state index >= 15 is 0 Å². The number of halogens is 4. The van der Waals surface area contributed by atoms with Crippen LogP contribution in [-0.4, -0.2) is 68.0 Å². The van der Waals surface area contributed by atoms with Crippen molar-refractivity contribution in [2.45, 2.75) is 49.5 Å². The summed E-state index contributed by atoms with van der Waals surface area (Å²) in [7, 11) is 1.49. The molecular formula is C22H25ClF3N5O4. The molecule has 0 bridgehead atoms. The summed E-state index contributed by atoms with van der Waals surface area (Å²) in [4.78, 5) is 31.6. The minimum absolute atomic E-state index is 0.0258. The van der Waals surface area contributed by atoms with Crippen LogP contribution in [0.1, 0.15) is 53.5 Å². The second-order valence-electron chi connectivity index (χ2n) is 8.91. The van der Waals surface area contributed by atoms with E-state index in [1.807, 2.05) is 0 Å². The molecule has 1 unspecified atom stereocenters. The van der Waals surface area contributed by atoms with Crippen molar-refractivity contribution in [2.24, 2.45) is 7.05 Å². The Bertz CT molecular complexity index is 1080.